The molecule has 9 rings (SSSR count). The van der Waals surface area contributed by atoms with Crippen molar-refractivity contribution in [1.82, 2.24) is 0 Å². The van der Waals surface area contributed by atoms with E-state index < -0.39 is 8.07 Å². The van der Waals surface area contributed by atoms with Crippen LogP contribution in [-0.2, 0) is 0 Å². The molecule has 1 aliphatic rings. The lowest BCUT2D eigenvalue weighted by molar-refractivity contribution is 0.669. The van der Waals surface area contributed by atoms with Gasteiger partial charge in [-0.15, -0.1) is 0 Å². The number of fused-ring (bicyclic) bond motifs is 8. The van der Waals surface area contributed by atoms with E-state index in [4.69, 9.17) is 4.42 Å². The molecule has 7 aromatic carbocycles. The molecule has 0 aliphatic carbocycles. The van der Waals surface area contributed by atoms with Crippen LogP contribution in [0.25, 0.3) is 55.0 Å². The molecule has 214 valence electrons. The van der Waals surface area contributed by atoms with Crippen molar-refractivity contribution in [3.8, 4) is 22.3 Å². The van der Waals surface area contributed by atoms with Crippen molar-refractivity contribution in [2.24, 2.45) is 0 Å². The van der Waals surface area contributed by atoms with E-state index >= 15 is 0 Å². The molecule has 2 nitrogen and oxygen atoms in total. The van der Waals surface area contributed by atoms with E-state index in [0.717, 1.165) is 22.5 Å². The first-order valence-electron chi connectivity index (χ1n) is 15.6. The van der Waals surface area contributed by atoms with Gasteiger partial charge in [0, 0.05) is 27.8 Å². The van der Waals surface area contributed by atoms with Crippen LogP contribution in [-0.4, -0.2) is 8.07 Å². The van der Waals surface area contributed by atoms with Crippen molar-refractivity contribution in [1.29, 1.82) is 0 Å². The second-order valence-corrected chi connectivity index (χ2v) is 16.9. The summed E-state index contributed by atoms with van der Waals surface area (Å²) in [7, 11) is -2.00. The van der Waals surface area contributed by atoms with Crippen LogP contribution in [0.15, 0.2) is 156 Å². The molecule has 0 unspecified atom stereocenters. The fourth-order valence-electron chi connectivity index (χ4n) is 7.48. The van der Waals surface area contributed by atoms with Crippen LogP contribution in [0, 0.1) is 0 Å². The first-order chi connectivity index (χ1) is 22.1. The predicted molar refractivity (Wildman–Crippen MR) is 194 cm³/mol. The second kappa shape index (κ2) is 9.81. The summed E-state index contributed by atoms with van der Waals surface area (Å²) in [5.74, 6) is 0. The van der Waals surface area contributed by atoms with Crippen LogP contribution >= 0.6 is 0 Å². The molecule has 8 aromatic rings. The number of para-hydroxylation sites is 2. The summed E-state index contributed by atoms with van der Waals surface area (Å²) in [4.78, 5) is 2.41. The lowest BCUT2D eigenvalue weighted by atomic mass is 9.97. The van der Waals surface area contributed by atoms with Gasteiger partial charge in [0.1, 0.15) is 19.2 Å². The van der Waals surface area contributed by atoms with Gasteiger partial charge in [-0.05, 0) is 91.9 Å². The Bertz CT molecular complexity index is 2420. The van der Waals surface area contributed by atoms with Crippen molar-refractivity contribution in [2.45, 2.75) is 13.1 Å². The van der Waals surface area contributed by atoms with Crippen molar-refractivity contribution < 1.29 is 4.42 Å². The Balaban J connectivity index is 1.24. The van der Waals surface area contributed by atoms with Crippen molar-refractivity contribution >= 4 is 68.2 Å². The molecule has 0 atom stereocenters. The molecule has 2 heterocycles. The van der Waals surface area contributed by atoms with Gasteiger partial charge >= 0.3 is 0 Å². The van der Waals surface area contributed by atoms with Gasteiger partial charge in [0.2, 0.25) is 0 Å². The first-order valence-corrected chi connectivity index (χ1v) is 18.6. The molecule has 0 spiro atoms. The van der Waals surface area contributed by atoms with E-state index in [0.29, 0.717) is 0 Å². The summed E-state index contributed by atoms with van der Waals surface area (Å²) in [5, 5.41) is 7.92. The summed E-state index contributed by atoms with van der Waals surface area (Å²) < 4.78 is 6.32. The van der Waals surface area contributed by atoms with E-state index in [1.165, 1.54) is 59.9 Å². The molecule has 0 saturated heterocycles. The highest BCUT2D eigenvalue weighted by atomic mass is 28.3. The normalized spacial score (nSPS) is 13.3. The molecule has 45 heavy (non-hydrogen) atoms. The highest BCUT2D eigenvalue weighted by Crippen LogP contribution is 2.43. The zero-order valence-corrected chi connectivity index (χ0v) is 26.3. The second-order valence-electron chi connectivity index (χ2n) is 12.6. The fraction of sp³-hybridized carbons (Fsp3) is 0.0476. The largest absolute Gasteiger partial charge is 0.456 e. The third kappa shape index (κ3) is 3.94. The minimum Gasteiger partial charge on any atom is -0.456 e. The van der Waals surface area contributed by atoms with Gasteiger partial charge in [0.15, 0.2) is 0 Å². The van der Waals surface area contributed by atoms with Gasteiger partial charge in [0.25, 0.3) is 0 Å². The summed E-state index contributed by atoms with van der Waals surface area (Å²) in [6.45, 7) is 4.98. The molecule has 1 aromatic heterocycles. The highest BCUT2D eigenvalue weighted by Gasteiger charge is 2.39. The van der Waals surface area contributed by atoms with E-state index in [1.54, 1.807) is 0 Å². The van der Waals surface area contributed by atoms with Gasteiger partial charge in [-0.2, -0.15) is 0 Å². The molecule has 0 radical (unpaired) electrons. The van der Waals surface area contributed by atoms with Crippen molar-refractivity contribution in [3.63, 3.8) is 0 Å². The summed E-state index contributed by atoms with van der Waals surface area (Å²) >= 11 is 0. The SMILES string of the molecule is C[Si]1(C)c2cc(N(c3ccccc3)c3cccc(-c4cccc5ccccc45)c3)ccc2-c2c1ccc1oc3ccccc3c21. The van der Waals surface area contributed by atoms with Gasteiger partial charge in [0.05, 0.1) is 0 Å². The number of hydrogen-bond donors (Lipinski definition) is 0. The minimum atomic E-state index is -2.00. The van der Waals surface area contributed by atoms with Crippen LogP contribution in [0.2, 0.25) is 13.1 Å². The van der Waals surface area contributed by atoms with Crippen molar-refractivity contribution in [2.75, 3.05) is 4.90 Å². The van der Waals surface area contributed by atoms with Crippen LogP contribution in [0.3, 0.4) is 0 Å². The Morgan fingerprint density at radius 3 is 2.09 bits per heavy atom. The molecule has 0 amide bonds. The fourth-order valence-corrected chi connectivity index (χ4v) is 10.5. The number of furan rings is 1. The number of rotatable bonds is 4. The van der Waals surface area contributed by atoms with Crippen LogP contribution in [0.5, 0.6) is 0 Å². The van der Waals surface area contributed by atoms with Crippen LogP contribution in [0.4, 0.5) is 17.1 Å². The number of benzene rings is 7. The Morgan fingerprint density at radius 1 is 0.489 bits per heavy atom. The van der Waals surface area contributed by atoms with Gasteiger partial charge in [-0.3, -0.25) is 0 Å². The smallest absolute Gasteiger partial charge is 0.136 e. The maximum atomic E-state index is 6.32. The monoisotopic (exact) mass is 593 g/mol. The highest BCUT2D eigenvalue weighted by molar-refractivity contribution is 7.04. The van der Waals surface area contributed by atoms with E-state index in [-0.39, 0.29) is 0 Å². The molecule has 0 saturated carbocycles. The summed E-state index contributed by atoms with van der Waals surface area (Å²) in [6.07, 6.45) is 0. The zero-order valence-electron chi connectivity index (χ0n) is 25.3. The minimum absolute atomic E-state index is 0.951. The lowest BCUT2D eigenvalue weighted by Crippen LogP contribution is -2.49. The number of hydrogen-bond acceptors (Lipinski definition) is 2. The van der Waals surface area contributed by atoms with E-state index in [9.17, 15) is 0 Å². The molecule has 1 aliphatic heterocycles. The van der Waals surface area contributed by atoms with Crippen molar-refractivity contribution in [3.05, 3.63) is 152 Å². The predicted octanol–water partition coefficient (Wildman–Crippen LogP) is 10.7. The maximum absolute atomic E-state index is 6.32. The lowest BCUT2D eigenvalue weighted by Gasteiger charge is -2.28. The Hall–Kier alpha value is -5.38. The zero-order chi connectivity index (χ0) is 30.1. The Kier molecular flexibility index (Phi) is 5.68. The average Bonchev–Trinajstić information content (AvgIpc) is 3.57. The van der Waals surface area contributed by atoms with Crippen LogP contribution < -0.4 is 15.3 Å². The quantitative estimate of drug-likeness (QED) is 0.189. The van der Waals surface area contributed by atoms with E-state index in [2.05, 4.69) is 170 Å². The summed E-state index contributed by atoms with van der Waals surface area (Å²) in [6, 6.07) is 55.0. The number of anilines is 3. The van der Waals surface area contributed by atoms with Gasteiger partial charge in [-0.1, -0.05) is 116 Å². The standard InChI is InChI=1S/C42H31NOSi/c1-45(2)39-25-24-38-41(35-19-8-9-21-37(35)44-38)42(39)36-23-22-32(27-40(36)45)43(30-15-4-3-5-16-30)31-17-10-14-29(26-31)34-20-11-13-28-12-6-7-18-33(28)34/h3-27H,1-2H3. The van der Waals surface area contributed by atoms with Crippen LogP contribution in [0.1, 0.15) is 0 Å². The third-order valence-corrected chi connectivity index (χ3v) is 13.2. The maximum Gasteiger partial charge on any atom is 0.136 e. The van der Waals surface area contributed by atoms with Gasteiger partial charge < -0.3 is 9.32 Å². The molecule has 0 N–H and O–H groups in total. The first kappa shape index (κ1) is 26.1. The summed E-state index contributed by atoms with van der Waals surface area (Å²) in [5.41, 5.74) is 10.5. The third-order valence-electron chi connectivity index (χ3n) is 9.64. The molecule has 3 heteroatoms. The number of nitrogens with zero attached hydrogens (tertiary/aromatic N) is 1. The molecular weight excluding hydrogens is 563 g/mol. The average molecular weight is 594 g/mol. The molecule has 0 fully saturated rings. The van der Waals surface area contributed by atoms with Gasteiger partial charge in [-0.25, -0.2) is 0 Å². The Labute approximate surface area is 263 Å². The molecule has 0 bridgehead atoms. The molecular formula is C42H31NOSi. The Morgan fingerprint density at radius 2 is 1.20 bits per heavy atom. The van der Waals surface area contributed by atoms with E-state index in [1.807, 2.05) is 0 Å². The topological polar surface area (TPSA) is 16.4 Å².